The monoisotopic (exact) mass is 707 g/mol. The Morgan fingerprint density at radius 3 is 2.54 bits per heavy atom. The molecule has 1 aliphatic heterocycles. The number of Topliss-reactive ketones (excluding diaryl/α,β-unsaturated/α-hetero) is 1. The molecule has 1 saturated carbocycles. The van der Waals surface area contributed by atoms with Crippen molar-refractivity contribution in [1.29, 1.82) is 0 Å². The number of nitrogens with one attached hydrogen (secondary N) is 1. The van der Waals surface area contributed by atoms with Gasteiger partial charge >= 0.3 is 11.9 Å². The summed E-state index contributed by atoms with van der Waals surface area (Å²) >= 11 is 0. The maximum absolute atomic E-state index is 13.8. The first-order valence-electron chi connectivity index (χ1n) is 16.8. The van der Waals surface area contributed by atoms with Gasteiger partial charge in [0.1, 0.15) is 18.0 Å². The molecule has 2 fully saturated rings. The molecule has 3 unspecified atom stereocenters. The zero-order chi connectivity index (χ0) is 36.1. The summed E-state index contributed by atoms with van der Waals surface area (Å²) in [7, 11) is -2.13. The molecule has 0 radical (unpaired) electrons. The summed E-state index contributed by atoms with van der Waals surface area (Å²) in [5, 5.41) is 12.4. The van der Waals surface area contributed by atoms with E-state index in [1.165, 1.54) is 13.2 Å². The lowest BCUT2D eigenvalue weighted by atomic mass is 9.59. The van der Waals surface area contributed by atoms with Gasteiger partial charge < -0.3 is 28.8 Å². The van der Waals surface area contributed by atoms with Crippen molar-refractivity contribution >= 4 is 27.5 Å². The average molecular weight is 708 g/mol. The number of methoxy groups -OCH3 is 1. The van der Waals surface area contributed by atoms with Gasteiger partial charge in [-0.15, -0.1) is 0 Å². The van der Waals surface area contributed by atoms with Gasteiger partial charge in [0.25, 0.3) is 0 Å². The molecular formula is C38H45NO10S. The van der Waals surface area contributed by atoms with E-state index in [0.29, 0.717) is 28.9 Å². The van der Waals surface area contributed by atoms with Crippen LogP contribution in [0.15, 0.2) is 84.2 Å². The van der Waals surface area contributed by atoms with Crippen molar-refractivity contribution in [2.24, 2.45) is 17.8 Å². The van der Waals surface area contributed by atoms with Crippen LogP contribution >= 0.6 is 0 Å². The highest BCUT2D eigenvalue weighted by atomic mass is 32.2. The molecule has 1 saturated heterocycles. The van der Waals surface area contributed by atoms with Crippen LogP contribution in [0, 0.1) is 17.8 Å². The predicted molar refractivity (Wildman–Crippen MR) is 185 cm³/mol. The highest BCUT2D eigenvalue weighted by molar-refractivity contribution is 7.92. The topological polar surface area (TPSA) is 147 Å². The maximum atomic E-state index is 13.8. The van der Waals surface area contributed by atoms with Gasteiger partial charge in [-0.1, -0.05) is 62.1 Å². The van der Waals surface area contributed by atoms with Gasteiger partial charge in [-0.05, 0) is 67.0 Å². The third-order valence-corrected chi connectivity index (χ3v) is 10.8. The van der Waals surface area contributed by atoms with Crippen molar-refractivity contribution in [1.82, 2.24) is 0 Å². The van der Waals surface area contributed by atoms with E-state index in [1.54, 1.807) is 26.0 Å². The molecule has 0 amide bonds. The number of allylic oxidation sites excluding steroid dienone is 1. The molecule has 50 heavy (non-hydrogen) atoms. The minimum Gasteiger partial charge on any atom is -0.495 e. The predicted octanol–water partition coefficient (Wildman–Crippen LogP) is 5.01. The van der Waals surface area contributed by atoms with Crippen LogP contribution < -0.4 is 9.46 Å². The number of sulfonamides is 1. The second kappa shape index (κ2) is 13.3. The van der Waals surface area contributed by atoms with Gasteiger partial charge in [-0.3, -0.25) is 14.3 Å². The van der Waals surface area contributed by atoms with Gasteiger partial charge in [0.05, 0.1) is 49.4 Å². The normalized spacial score (nSPS) is 31.7. The van der Waals surface area contributed by atoms with Gasteiger partial charge in [0.15, 0.2) is 5.78 Å². The number of hydrogen-bond donors (Lipinski definition) is 2. The fourth-order valence-electron chi connectivity index (χ4n) is 8.27. The van der Waals surface area contributed by atoms with Crippen LogP contribution in [0.3, 0.4) is 0 Å². The van der Waals surface area contributed by atoms with E-state index in [4.69, 9.17) is 23.7 Å². The standard InChI is InChI=1S/C38H45NO10S/c1-23(2)47-37(21-26-10-8-7-9-11-26)48-31-15-12-25(4)38(49-37)29(31)17-28(20-36(42)33(38)16-24(3)35(36)41)22-46-34(40)19-27-13-14-30(32(18-27)45-5)39-50(6,43)44/h7-11,13-14,16-18,25,29,31,33,39,42H,1,12,15,19-22H2,2-6H3/t25-,29+,31?,33-,36-,37?,38?/m1/s1. The van der Waals surface area contributed by atoms with Crippen LogP contribution in [-0.4, -0.2) is 68.5 Å². The number of benzene rings is 2. The number of carbonyl (C=O) groups excluding carboxylic acids is 2. The Kier molecular flexibility index (Phi) is 9.53. The SMILES string of the molecule is C=C(C)OC1(Cc2ccccc2)OC2CC[C@@H](C)C3(O1)[C@H]2C=C(COC(=O)Cc1ccc(NS(C)(=O)=O)c(OC)c1)C[C@]1(O)C(=O)C(C)=C[C@@H]31. The lowest BCUT2D eigenvalue weighted by Gasteiger charge is -2.61. The molecule has 6 rings (SSSR count). The highest BCUT2D eigenvalue weighted by Crippen LogP contribution is 2.61. The van der Waals surface area contributed by atoms with Gasteiger partial charge in [-0.2, -0.15) is 0 Å². The number of esters is 1. The molecule has 2 aromatic carbocycles. The Balaban J connectivity index is 1.32. The molecule has 11 nitrogen and oxygen atoms in total. The van der Waals surface area contributed by atoms with Crippen molar-refractivity contribution < 1.29 is 46.8 Å². The minimum atomic E-state index is -3.54. The Hall–Kier alpha value is -3.97. The van der Waals surface area contributed by atoms with Crippen molar-refractivity contribution in [2.75, 3.05) is 24.7 Å². The third-order valence-electron chi connectivity index (χ3n) is 10.2. The number of rotatable bonds is 11. The first kappa shape index (κ1) is 35.8. The van der Waals surface area contributed by atoms with Crippen LogP contribution in [0.25, 0.3) is 0 Å². The van der Waals surface area contributed by atoms with Gasteiger partial charge in [0, 0.05) is 18.3 Å². The summed E-state index contributed by atoms with van der Waals surface area (Å²) in [5.74, 6) is -3.07. The zero-order valence-electron chi connectivity index (χ0n) is 29.1. The summed E-state index contributed by atoms with van der Waals surface area (Å²) in [6.07, 6.45) is 5.97. The number of fused-ring (bicyclic) bond motifs is 1. The fraction of sp³-hybridized carbons (Fsp3) is 0.474. The molecule has 2 aromatic rings. The molecule has 7 atom stereocenters. The molecule has 1 heterocycles. The second-order valence-corrected chi connectivity index (χ2v) is 15.8. The smallest absolute Gasteiger partial charge is 0.331 e. The fourth-order valence-corrected chi connectivity index (χ4v) is 8.84. The summed E-state index contributed by atoms with van der Waals surface area (Å²) in [4.78, 5) is 27.0. The molecule has 12 heteroatoms. The number of hydrogen-bond acceptors (Lipinski definition) is 10. The number of ether oxygens (including phenoxy) is 5. The van der Waals surface area contributed by atoms with Crippen LogP contribution in [0.4, 0.5) is 5.69 Å². The summed E-state index contributed by atoms with van der Waals surface area (Å²) in [6, 6.07) is 14.4. The number of anilines is 1. The van der Waals surface area contributed by atoms with E-state index < -0.39 is 51.1 Å². The zero-order valence-corrected chi connectivity index (χ0v) is 29.9. The van der Waals surface area contributed by atoms with Crippen molar-refractivity contribution in [3.8, 4) is 5.75 Å². The van der Waals surface area contributed by atoms with E-state index in [1.807, 2.05) is 42.5 Å². The first-order valence-corrected chi connectivity index (χ1v) is 18.7. The largest absolute Gasteiger partial charge is 0.495 e. The van der Waals surface area contributed by atoms with E-state index in [0.717, 1.165) is 18.2 Å². The molecule has 2 N–H and O–H groups in total. The minimum absolute atomic E-state index is 0.0502. The Bertz CT molecular complexity index is 1860. The number of ketones is 1. The molecule has 2 bridgehead atoms. The molecule has 3 aliphatic carbocycles. The van der Waals surface area contributed by atoms with Crippen molar-refractivity contribution in [3.63, 3.8) is 0 Å². The van der Waals surface area contributed by atoms with Crippen molar-refractivity contribution in [2.45, 2.75) is 76.2 Å². The van der Waals surface area contributed by atoms with Crippen LogP contribution in [0.5, 0.6) is 5.75 Å². The molecular weight excluding hydrogens is 662 g/mol. The Morgan fingerprint density at radius 1 is 1.12 bits per heavy atom. The second-order valence-electron chi connectivity index (χ2n) is 14.1. The molecule has 0 spiro atoms. The molecule has 0 aromatic heterocycles. The summed E-state index contributed by atoms with van der Waals surface area (Å²) < 4.78 is 57.2. The number of carbonyl (C=O) groups is 2. The molecule has 4 aliphatic rings. The van der Waals surface area contributed by atoms with E-state index in [9.17, 15) is 23.1 Å². The average Bonchev–Trinajstić information content (AvgIpc) is 3.19. The Morgan fingerprint density at radius 2 is 1.86 bits per heavy atom. The highest BCUT2D eigenvalue weighted by Gasteiger charge is 2.70. The van der Waals surface area contributed by atoms with Crippen LogP contribution in [0.2, 0.25) is 0 Å². The van der Waals surface area contributed by atoms with E-state index >= 15 is 0 Å². The van der Waals surface area contributed by atoms with Gasteiger partial charge in [-0.25, -0.2) is 8.42 Å². The van der Waals surface area contributed by atoms with Crippen LogP contribution in [-0.2, 0) is 51.4 Å². The summed E-state index contributed by atoms with van der Waals surface area (Å²) in [6.45, 7) is 9.36. The molecule has 268 valence electrons. The lowest BCUT2D eigenvalue weighted by Crippen LogP contribution is -2.71. The lowest BCUT2D eigenvalue weighted by molar-refractivity contribution is -0.474. The van der Waals surface area contributed by atoms with E-state index in [2.05, 4.69) is 18.2 Å². The third kappa shape index (κ3) is 6.73. The Labute approximate surface area is 293 Å². The van der Waals surface area contributed by atoms with E-state index in [-0.39, 0.29) is 49.0 Å². The summed E-state index contributed by atoms with van der Waals surface area (Å²) in [5.41, 5.74) is -0.188. The number of aliphatic hydroxyl groups is 1. The maximum Gasteiger partial charge on any atom is 0.331 e. The van der Waals surface area contributed by atoms with Crippen LogP contribution in [0.1, 0.15) is 51.2 Å². The van der Waals surface area contributed by atoms with Crippen molar-refractivity contribution in [3.05, 3.63) is 95.3 Å². The first-order chi connectivity index (χ1) is 23.6. The quantitative estimate of drug-likeness (QED) is 0.186. The van der Waals surface area contributed by atoms with Gasteiger partial charge in [0.2, 0.25) is 10.0 Å².